The van der Waals surface area contributed by atoms with Gasteiger partial charge in [-0.15, -0.1) is 24.0 Å². The Morgan fingerprint density at radius 3 is 2.65 bits per heavy atom. The maximum atomic E-state index is 13.7. The van der Waals surface area contributed by atoms with Crippen LogP contribution in [0.1, 0.15) is 17.5 Å². The van der Waals surface area contributed by atoms with Crippen LogP contribution in [0, 0.1) is 5.82 Å². The minimum Gasteiger partial charge on any atom is -0.385 e. The van der Waals surface area contributed by atoms with E-state index < -0.39 is 0 Å². The van der Waals surface area contributed by atoms with E-state index in [0.29, 0.717) is 18.7 Å². The molecule has 0 fully saturated rings. The second-order valence-corrected chi connectivity index (χ2v) is 5.36. The SMILES string of the molecule is CN=C(NCCCOC)NCc1ccc(F)c(CN(C)C)c1.I. The van der Waals surface area contributed by atoms with E-state index in [-0.39, 0.29) is 29.8 Å². The lowest BCUT2D eigenvalue weighted by molar-refractivity contribution is 0.195. The van der Waals surface area contributed by atoms with Crippen LogP contribution in [0.4, 0.5) is 4.39 Å². The van der Waals surface area contributed by atoms with Gasteiger partial charge in [0, 0.05) is 46.0 Å². The fraction of sp³-hybridized carbons (Fsp3) is 0.562. The number of guanidine groups is 1. The maximum Gasteiger partial charge on any atom is 0.191 e. The molecule has 7 heteroatoms. The van der Waals surface area contributed by atoms with E-state index in [1.807, 2.05) is 25.1 Å². The molecule has 0 saturated carbocycles. The number of hydrogen-bond acceptors (Lipinski definition) is 3. The van der Waals surface area contributed by atoms with Gasteiger partial charge < -0.3 is 20.3 Å². The summed E-state index contributed by atoms with van der Waals surface area (Å²) in [5.41, 5.74) is 1.73. The zero-order valence-electron chi connectivity index (χ0n) is 14.4. The Morgan fingerprint density at radius 1 is 1.30 bits per heavy atom. The molecule has 0 bridgehead atoms. The summed E-state index contributed by atoms with van der Waals surface area (Å²) in [5.74, 6) is 0.564. The van der Waals surface area contributed by atoms with Gasteiger partial charge in [0.05, 0.1) is 0 Å². The second-order valence-electron chi connectivity index (χ2n) is 5.36. The molecule has 5 nitrogen and oxygen atoms in total. The summed E-state index contributed by atoms with van der Waals surface area (Å²) in [6, 6.07) is 5.20. The molecule has 132 valence electrons. The number of methoxy groups -OCH3 is 1. The number of benzene rings is 1. The molecular formula is C16H28FIN4O. The van der Waals surface area contributed by atoms with E-state index in [2.05, 4.69) is 15.6 Å². The van der Waals surface area contributed by atoms with Crippen LogP contribution in [0.15, 0.2) is 23.2 Å². The minimum absolute atomic E-state index is 0. The lowest BCUT2D eigenvalue weighted by Crippen LogP contribution is -2.37. The number of hydrogen-bond donors (Lipinski definition) is 2. The van der Waals surface area contributed by atoms with Gasteiger partial charge in [-0.3, -0.25) is 4.99 Å². The lowest BCUT2D eigenvalue weighted by Gasteiger charge is -2.14. The van der Waals surface area contributed by atoms with Crippen molar-refractivity contribution in [2.24, 2.45) is 4.99 Å². The predicted molar refractivity (Wildman–Crippen MR) is 104 cm³/mol. The van der Waals surface area contributed by atoms with Crippen LogP contribution < -0.4 is 10.6 Å². The van der Waals surface area contributed by atoms with Crippen molar-refractivity contribution in [2.45, 2.75) is 19.5 Å². The molecule has 1 rings (SSSR count). The van der Waals surface area contributed by atoms with E-state index in [0.717, 1.165) is 31.1 Å². The highest BCUT2D eigenvalue weighted by Crippen LogP contribution is 2.12. The molecule has 0 aromatic heterocycles. The van der Waals surface area contributed by atoms with Crippen molar-refractivity contribution in [1.82, 2.24) is 15.5 Å². The number of nitrogens with one attached hydrogen (secondary N) is 2. The number of nitrogens with zero attached hydrogens (tertiary/aromatic N) is 2. The Morgan fingerprint density at radius 2 is 2.04 bits per heavy atom. The highest BCUT2D eigenvalue weighted by molar-refractivity contribution is 14.0. The molecule has 1 aromatic rings. The van der Waals surface area contributed by atoms with Gasteiger partial charge in [0.25, 0.3) is 0 Å². The fourth-order valence-electron chi connectivity index (χ4n) is 2.03. The summed E-state index contributed by atoms with van der Waals surface area (Å²) in [7, 11) is 7.27. The Balaban J connectivity index is 0.00000484. The first-order chi connectivity index (χ1) is 10.6. The van der Waals surface area contributed by atoms with Gasteiger partial charge in [0.2, 0.25) is 0 Å². The number of rotatable bonds is 8. The first-order valence-electron chi connectivity index (χ1n) is 7.42. The Labute approximate surface area is 155 Å². The molecule has 23 heavy (non-hydrogen) atoms. The third-order valence-electron chi connectivity index (χ3n) is 3.10. The zero-order chi connectivity index (χ0) is 16.4. The van der Waals surface area contributed by atoms with E-state index in [1.54, 1.807) is 20.2 Å². The predicted octanol–water partition coefficient (Wildman–Crippen LogP) is 2.21. The normalized spacial score (nSPS) is 11.3. The van der Waals surface area contributed by atoms with Crippen molar-refractivity contribution in [1.29, 1.82) is 0 Å². The Bertz CT molecular complexity index is 483. The van der Waals surface area contributed by atoms with Crippen LogP contribution in [-0.4, -0.2) is 52.3 Å². The largest absolute Gasteiger partial charge is 0.385 e. The lowest BCUT2D eigenvalue weighted by atomic mass is 10.1. The highest BCUT2D eigenvalue weighted by atomic mass is 127. The van der Waals surface area contributed by atoms with Crippen molar-refractivity contribution in [3.05, 3.63) is 35.1 Å². The van der Waals surface area contributed by atoms with Gasteiger partial charge in [0.15, 0.2) is 5.96 Å². The molecular weight excluding hydrogens is 410 g/mol. The molecule has 0 atom stereocenters. The number of ether oxygens (including phenoxy) is 1. The molecule has 2 N–H and O–H groups in total. The smallest absolute Gasteiger partial charge is 0.191 e. The molecule has 0 spiro atoms. The van der Waals surface area contributed by atoms with E-state index >= 15 is 0 Å². The molecule has 0 heterocycles. The first kappa shape index (κ1) is 22.1. The first-order valence-corrected chi connectivity index (χ1v) is 7.42. The molecule has 0 amide bonds. The topological polar surface area (TPSA) is 48.9 Å². The van der Waals surface area contributed by atoms with Crippen LogP contribution in [-0.2, 0) is 17.8 Å². The molecule has 0 unspecified atom stereocenters. The van der Waals surface area contributed by atoms with Crippen LogP contribution in [0.5, 0.6) is 0 Å². The van der Waals surface area contributed by atoms with Crippen LogP contribution in [0.25, 0.3) is 0 Å². The third kappa shape index (κ3) is 9.07. The van der Waals surface area contributed by atoms with E-state index in [4.69, 9.17) is 4.74 Å². The van der Waals surface area contributed by atoms with E-state index in [1.165, 1.54) is 6.07 Å². The highest BCUT2D eigenvalue weighted by Gasteiger charge is 2.05. The summed E-state index contributed by atoms with van der Waals surface area (Å²) >= 11 is 0. The average molecular weight is 438 g/mol. The van der Waals surface area contributed by atoms with Crippen LogP contribution in [0.2, 0.25) is 0 Å². The van der Waals surface area contributed by atoms with Gasteiger partial charge >= 0.3 is 0 Å². The molecule has 1 aromatic carbocycles. The van der Waals surface area contributed by atoms with Crippen molar-refractivity contribution >= 4 is 29.9 Å². The maximum absolute atomic E-state index is 13.7. The fourth-order valence-corrected chi connectivity index (χ4v) is 2.03. The van der Waals surface area contributed by atoms with Crippen molar-refractivity contribution in [2.75, 3.05) is 41.4 Å². The summed E-state index contributed by atoms with van der Waals surface area (Å²) in [6.07, 6.45) is 0.917. The quantitative estimate of drug-likeness (QED) is 0.283. The summed E-state index contributed by atoms with van der Waals surface area (Å²) in [5, 5.41) is 6.43. The van der Waals surface area contributed by atoms with E-state index in [9.17, 15) is 4.39 Å². The summed E-state index contributed by atoms with van der Waals surface area (Å²) in [4.78, 5) is 6.11. The summed E-state index contributed by atoms with van der Waals surface area (Å²) < 4.78 is 18.7. The van der Waals surface area contributed by atoms with Gasteiger partial charge in [-0.25, -0.2) is 4.39 Å². The van der Waals surface area contributed by atoms with Crippen LogP contribution >= 0.6 is 24.0 Å². The minimum atomic E-state index is -0.167. The van der Waals surface area contributed by atoms with Crippen LogP contribution in [0.3, 0.4) is 0 Å². The monoisotopic (exact) mass is 438 g/mol. The average Bonchev–Trinajstić information content (AvgIpc) is 2.49. The number of aliphatic imine (C=N–C) groups is 1. The Hall–Kier alpha value is -0.930. The second kappa shape index (κ2) is 12.5. The molecule has 0 saturated heterocycles. The molecule has 0 aliphatic heterocycles. The van der Waals surface area contributed by atoms with Gasteiger partial charge in [0.1, 0.15) is 5.82 Å². The molecule has 0 radical (unpaired) electrons. The van der Waals surface area contributed by atoms with Crippen molar-refractivity contribution in [3.63, 3.8) is 0 Å². The van der Waals surface area contributed by atoms with Crippen molar-refractivity contribution in [3.8, 4) is 0 Å². The number of halogens is 2. The van der Waals surface area contributed by atoms with Gasteiger partial charge in [-0.2, -0.15) is 0 Å². The molecule has 0 aliphatic rings. The van der Waals surface area contributed by atoms with Gasteiger partial charge in [-0.05, 0) is 38.2 Å². The Kier molecular flexibility index (Phi) is 12.0. The summed E-state index contributed by atoms with van der Waals surface area (Å²) in [6.45, 7) is 2.70. The third-order valence-corrected chi connectivity index (χ3v) is 3.10. The zero-order valence-corrected chi connectivity index (χ0v) is 16.7. The standard InChI is InChI=1S/C16H27FN4O.HI/c1-18-16(19-8-5-9-22-4)20-11-13-6-7-15(17)14(10-13)12-21(2)3;/h6-7,10H,5,8-9,11-12H2,1-4H3,(H2,18,19,20);1H. The van der Waals surface area contributed by atoms with Crippen molar-refractivity contribution < 1.29 is 9.13 Å². The molecule has 0 aliphatic carbocycles. The van der Waals surface area contributed by atoms with Gasteiger partial charge in [-0.1, -0.05) is 6.07 Å².